The molecule has 1 aliphatic carbocycles. The van der Waals surface area contributed by atoms with Gasteiger partial charge in [0.05, 0.1) is 0 Å². The zero-order valence-corrected chi connectivity index (χ0v) is 19.7. The Morgan fingerprint density at radius 1 is 1.10 bits per heavy atom. The summed E-state index contributed by atoms with van der Waals surface area (Å²) in [6.45, 7) is 7.18. The van der Waals surface area contributed by atoms with Crippen LogP contribution in [0.4, 0.5) is 4.79 Å². The summed E-state index contributed by atoms with van der Waals surface area (Å²) < 4.78 is 5.46. The van der Waals surface area contributed by atoms with Crippen molar-refractivity contribution in [2.45, 2.75) is 69.9 Å². The van der Waals surface area contributed by atoms with Gasteiger partial charge in [-0.05, 0) is 82.7 Å². The van der Waals surface area contributed by atoms with Crippen molar-refractivity contribution in [3.8, 4) is 0 Å². The second kappa shape index (κ2) is 10.5. The summed E-state index contributed by atoms with van der Waals surface area (Å²) in [7, 11) is 0. The fourth-order valence-corrected chi connectivity index (χ4v) is 4.57. The van der Waals surface area contributed by atoms with Crippen LogP contribution in [0.1, 0.15) is 57.6 Å². The van der Waals surface area contributed by atoms with Crippen molar-refractivity contribution in [2.24, 2.45) is 0 Å². The SMILES string of the molecule is CC(C)(C)OC(=O)NC[C@]1(c2cccc(Cl)c2)CC[C@@H](NCCc2ccccc2)CC1. The molecule has 0 saturated heterocycles. The Balaban J connectivity index is 1.60. The second-order valence-corrected chi connectivity index (χ2v) is 10.0. The van der Waals surface area contributed by atoms with Crippen LogP contribution in [0.5, 0.6) is 0 Å². The largest absolute Gasteiger partial charge is 0.444 e. The topological polar surface area (TPSA) is 50.4 Å². The van der Waals surface area contributed by atoms with Crippen molar-refractivity contribution in [3.63, 3.8) is 0 Å². The Morgan fingerprint density at radius 2 is 1.81 bits per heavy atom. The van der Waals surface area contributed by atoms with E-state index in [0.29, 0.717) is 12.6 Å². The van der Waals surface area contributed by atoms with Gasteiger partial charge >= 0.3 is 6.09 Å². The van der Waals surface area contributed by atoms with E-state index in [1.54, 1.807) is 0 Å². The van der Waals surface area contributed by atoms with Gasteiger partial charge in [0.15, 0.2) is 0 Å². The molecule has 1 saturated carbocycles. The average molecular weight is 443 g/mol. The lowest BCUT2D eigenvalue weighted by molar-refractivity contribution is 0.0506. The Kier molecular flexibility index (Phi) is 8.01. The minimum absolute atomic E-state index is 0.126. The second-order valence-electron chi connectivity index (χ2n) is 9.61. The predicted molar refractivity (Wildman–Crippen MR) is 128 cm³/mol. The number of ether oxygens (including phenoxy) is 1. The standard InChI is InChI=1S/C26H35ClN2O2/c1-25(2,3)31-24(30)29-19-26(21-10-7-11-22(27)18-21)15-12-23(13-16-26)28-17-14-20-8-5-4-6-9-20/h4-11,18,23,28H,12-17,19H2,1-3H3,(H,29,30)/t23-,26+. The van der Waals surface area contributed by atoms with Crippen LogP contribution in [-0.4, -0.2) is 30.8 Å². The van der Waals surface area contributed by atoms with E-state index >= 15 is 0 Å². The van der Waals surface area contributed by atoms with Crippen LogP contribution in [0.15, 0.2) is 54.6 Å². The molecule has 168 valence electrons. The molecular weight excluding hydrogens is 408 g/mol. The molecule has 0 bridgehead atoms. The van der Waals surface area contributed by atoms with Gasteiger partial charge in [-0.1, -0.05) is 54.1 Å². The molecular formula is C26H35ClN2O2. The monoisotopic (exact) mass is 442 g/mol. The molecule has 2 aromatic carbocycles. The molecule has 0 heterocycles. The van der Waals surface area contributed by atoms with Gasteiger partial charge < -0.3 is 15.4 Å². The minimum atomic E-state index is -0.506. The van der Waals surface area contributed by atoms with Crippen molar-refractivity contribution in [3.05, 3.63) is 70.7 Å². The van der Waals surface area contributed by atoms with Crippen LogP contribution < -0.4 is 10.6 Å². The third kappa shape index (κ3) is 7.26. The van der Waals surface area contributed by atoms with E-state index in [9.17, 15) is 4.79 Å². The fourth-order valence-electron chi connectivity index (χ4n) is 4.38. The van der Waals surface area contributed by atoms with Crippen LogP contribution in [0, 0.1) is 0 Å². The molecule has 0 aliphatic heterocycles. The zero-order valence-electron chi connectivity index (χ0n) is 18.9. The molecule has 2 aromatic rings. The summed E-state index contributed by atoms with van der Waals surface area (Å²) in [5, 5.41) is 7.48. The quantitative estimate of drug-likeness (QED) is 0.563. The van der Waals surface area contributed by atoms with Crippen LogP contribution in [0.3, 0.4) is 0 Å². The van der Waals surface area contributed by atoms with Crippen molar-refractivity contribution >= 4 is 17.7 Å². The first kappa shape index (κ1) is 23.6. The first-order valence-electron chi connectivity index (χ1n) is 11.3. The van der Waals surface area contributed by atoms with E-state index < -0.39 is 5.60 Å². The molecule has 0 aromatic heterocycles. The fraction of sp³-hybridized carbons (Fsp3) is 0.500. The summed E-state index contributed by atoms with van der Waals surface area (Å²) >= 11 is 6.31. The number of carbonyl (C=O) groups is 1. The van der Waals surface area contributed by atoms with Gasteiger partial charge in [-0.2, -0.15) is 0 Å². The van der Waals surface area contributed by atoms with Gasteiger partial charge in [-0.3, -0.25) is 0 Å². The smallest absolute Gasteiger partial charge is 0.407 e. The highest BCUT2D eigenvalue weighted by atomic mass is 35.5. The van der Waals surface area contributed by atoms with E-state index in [2.05, 4.69) is 47.0 Å². The molecule has 1 aliphatic rings. The molecule has 1 amide bonds. The summed E-state index contributed by atoms with van der Waals surface area (Å²) in [6.07, 6.45) is 4.79. The molecule has 0 spiro atoms. The summed E-state index contributed by atoms with van der Waals surface area (Å²) in [4.78, 5) is 12.3. The van der Waals surface area contributed by atoms with Gasteiger partial charge in [0, 0.05) is 23.0 Å². The van der Waals surface area contributed by atoms with Crippen molar-refractivity contribution in [1.82, 2.24) is 10.6 Å². The Labute approximate surface area is 191 Å². The normalized spacial score (nSPS) is 21.5. The summed E-state index contributed by atoms with van der Waals surface area (Å²) in [6, 6.07) is 19.2. The van der Waals surface area contributed by atoms with E-state index in [0.717, 1.165) is 43.7 Å². The zero-order chi connectivity index (χ0) is 22.3. The van der Waals surface area contributed by atoms with E-state index in [1.807, 2.05) is 39.0 Å². The van der Waals surface area contributed by atoms with Gasteiger partial charge in [0.25, 0.3) is 0 Å². The predicted octanol–water partition coefficient (Wildman–Crippen LogP) is 5.88. The Hall–Kier alpha value is -2.04. The van der Waals surface area contributed by atoms with E-state index in [4.69, 9.17) is 16.3 Å². The maximum atomic E-state index is 12.3. The average Bonchev–Trinajstić information content (AvgIpc) is 2.73. The highest BCUT2D eigenvalue weighted by molar-refractivity contribution is 6.30. The van der Waals surface area contributed by atoms with Gasteiger partial charge in [-0.15, -0.1) is 0 Å². The number of hydrogen-bond donors (Lipinski definition) is 2. The summed E-state index contributed by atoms with van der Waals surface area (Å²) in [5.74, 6) is 0. The molecule has 4 nitrogen and oxygen atoms in total. The van der Waals surface area contributed by atoms with Crippen LogP contribution in [0.25, 0.3) is 0 Å². The molecule has 0 atom stereocenters. The number of halogens is 1. The van der Waals surface area contributed by atoms with Crippen LogP contribution in [-0.2, 0) is 16.6 Å². The lowest BCUT2D eigenvalue weighted by atomic mass is 9.68. The van der Waals surface area contributed by atoms with Crippen molar-refractivity contribution in [2.75, 3.05) is 13.1 Å². The first-order valence-corrected chi connectivity index (χ1v) is 11.6. The Bertz CT molecular complexity index is 840. The summed E-state index contributed by atoms with van der Waals surface area (Å²) in [5.41, 5.74) is 1.92. The number of rotatable bonds is 7. The van der Waals surface area contributed by atoms with E-state index in [1.165, 1.54) is 11.1 Å². The lowest BCUT2D eigenvalue weighted by Gasteiger charge is -2.41. The van der Waals surface area contributed by atoms with Gasteiger partial charge in [0.1, 0.15) is 5.60 Å². The van der Waals surface area contributed by atoms with E-state index in [-0.39, 0.29) is 11.5 Å². The molecule has 31 heavy (non-hydrogen) atoms. The third-order valence-electron chi connectivity index (χ3n) is 6.04. The van der Waals surface area contributed by atoms with Gasteiger partial charge in [-0.25, -0.2) is 4.79 Å². The molecule has 3 rings (SSSR count). The first-order chi connectivity index (χ1) is 14.8. The van der Waals surface area contributed by atoms with Crippen molar-refractivity contribution in [1.29, 1.82) is 0 Å². The number of nitrogens with one attached hydrogen (secondary N) is 2. The molecule has 0 radical (unpaired) electrons. The highest BCUT2D eigenvalue weighted by Crippen LogP contribution is 2.40. The third-order valence-corrected chi connectivity index (χ3v) is 6.27. The molecule has 2 N–H and O–H groups in total. The minimum Gasteiger partial charge on any atom is -0.444 e. The maximum Gasteiger partial charge on any atom is 0.407 e. The molecule has 5 heteroatoms. The number of alkyl carbamates (subject to hydrolysis) is 1. The van der Waals surface area contributed by atoms with Crippen LogP contribution >= 0.6 is 11.6 Å². The highest BCUT2D eigenvalue weighted by Gasteiger charge is 2.37. The number of carbonyl (C=O) groups excluding carboxylic acids is 1. The molecule has 1 fully saturated rings. The van der Waals surface area contributed by atoms with Gasteiger partial charge in [0.2, 0.25) is 0 Å². The van der Waals surface area contributed by atoms with Crippen LogP contribution in [0.2, 0.25) is 5.02 Å². The van der Waals surface area contributed by atoms with Crippen molar-refractivity contribution < 1.29 is 9.53 Å². The number of benzene rings is 2. The Morgan fingerprint density at radius 3 is 2.45 bits per heavy atom. The number of amides is 1. The maximum absolute atomic E-state index is 12.3. The molecule has 0 unspecified atom stereocenters. The number of hydrogen-bond acceptors (Lipinski definition) is 3. The lowest BCUT2D eigenvalue weighted by Crippen LogP contribution is -2.47.